The monoisotopic (exact) mass is 463 g/mol. The Morgan fingerprint density at radius 3 is 2.77 bits per heavy atom. The number of nitrogens with one attached hydrogen (secondary N) is 3. The SMILES string of the molecule is CCOC(=O)C1=C(CNc2ccc(Cl)cc2Cl)NC(=O)NC1c1ccc2c(c1)OCO2. The van der Waals surface area contributed by atoms with E-state index in [2.05, 4.69) is 16.0 Å². The number of ether oxygens (including phenoxy) is 3. The highest BCUT2D eigenvalue weighted by Gasteiger charge is 2.34. The quantitative estimate of drug-likeness (QED) is 0.559. The number of benzene rings is 2. The average Bonchev–Trinajstić information content (AvgIpc) is 3.20. The molecule has 2 heterocycles. The molecule has 1 atom stereocenters. The Kier molecular flexibility index (Phi) is 6.11. The number of fused-ring (bicyclic) bond motifs is 1. The molecule has 0 aromatic heterocycles. The molecule has 0 fully saturated rings. The van der Waals surface area contributed by atoms with E-state index < -0.39 is 18.0 Å². The molecule has 2 aromatic carbocycles. The van der Waals surface area contributed by atoms with Crippen molar-refractivity contribution >= 4 is 40.9 Å². The number of hydrogen-bond donors (Lipinski definition) is 3. The first kappa shape index (κ1) is 21.1. The first-order valence-electron chi connectivity index (χ1n) is 9.52. The van der Waals surface area contributed by atoms with Crippen LogP contribution < -0.4 is 25.4 Å². The summed E-state index contributed by atoms with van der Waals surface area (Å²) >= 11 is 12.2. The third-order valence-corrected chi connectivity index (χ3v) is 5.31. The molecule has 162 valence electrons. The molecule has 2 amide bonds. The second kappa shape index (κ2) is 8.95. The minimum Gasteiger partial charge on any atom is -0.463 e. The van der Waals surface area contributed by atoms with Crippen LogP contribution in [0.25, 0.3) is 0 Å². The lowest BCUT2D eigenvalue weighted by atomic mass is 9.94. The normalized spacial score (nSPS) is 17.1. The van der Waals surface area contributed by atoms with Crippen LogP contribution in [-0.2, 0) is 9.53 Å². The number of carbonyl (C=O) groups excluding carboxylic acids is 2. The fourth-order valence-electron chi connectivity index (χ4n) is 3.37. The van der Waals surface area contributed by atoms with E-state index in [1.54, 1.807) is 43.3 Å². The van der Waals surface area contributed by atoms with Crippen molar-refractivity contribution in [3.63, 3.8) is 0 Å². The van der Waals surface area contributed by atoms with Gasteiger partial charge in [-0.25, -0.2) is 9.59 Å². The van der Waals surface area contributed by atoms with Crippen LogP contribution in [-0.4, -0.2) is 31.9 Å². The highest BCUT2D eigenvalue weighted by molar-refractivity contribution is 6.36. The van der Waals surface area contributed by atoms with Gasteiger partial charge in [0.15, 0.2) is 11.5 Å². The Morgan fingerprint density at radius 2 is 2.00 bits per heavy atom. The van der Waals surface area contributed by atoms with E-state index >= 15 is 0 Å². The molecule has 2 aliphatic heterocycles. The molecule has 31 heavy (non-hydrogen) atoms. The van der Waals surface area contributed by atoms with Gasteiger partial charge in [0.1, 0.15) is 0 Å². The van der Waals surface area contributed by atoms with Crippen LogP contribution >= 0.6 is 23.2 Å². The molecule has 0 radical (unpaired) electrons. The number of anilines is 1. The van der Waals surface area contributed by atoms with Gasteiger partial charge in [-0.15, -0.1) is 0 Å². The zero-order valence-corrected chi connectivity index (χ0v) is 18.0. The molecule has 0 spiro atoms. The summed E-state index contributed by atoms with van der Waals surface area (Å²) in [7, 11) is 0. The van der Waals surface area contributed by atoms with Gasteiger partial charge in [-0.1, -0.05) is 29.3 Å². The highest BCUT2D eigenvalue weighted by Crippen LogP contribution is 2.37. The maximum Gasteiger partial charge on any atom is 0.338 e. The summed E-state index contributed by atoms with van der Waals surface area (Å²) in [5.41, 5.74) is 1.91. The van der Waals surface area contributed by atoms with E-state index in [0.29, 0.717) is 38.5 Å². The zero-order valence-electron chi connectivity index (χ0n) is 16.5. The molecule has 0 aliphatic carbocycles. The van der Waals surface area contributed by atoms with E-state index in [1.165, 1.54) is 0 Å². The molecule has 2 aromatic rings. The van der Waals surface area contributed by atoms with Crippen molar-refractivity contribution in [1.29, 1.82) is 0 Å². The van der Waals surface area contributed by atoms with E-state index in [4.69, 9.17) is 37.4 Å². The van der Waals surface area contributed by atoms with Crippen LogP contribution in [0.2, 0.25) is 10.0 Å². The van der Waals surface area contributed by atoms with Crippen molar-refractivity contribution in [2.45, 2.75) is 13.0 Å². The van der Waals surface area contributed by atoms with E-state index in [-0.39, 0.29) is 25.5 Å². The fraction of sp³-hybridized carbons (Fsp3) is 0.238. The third-order valence-electron chi connectivity index (χ3n) is 4.77. The lowest BCUT2D eigenvalue weighted by Gasteiger charge is -2.29. The molecule has 0 saturated heterocycles. The first-order valence-corrected chi connectivity index (χ1v) is 10.3. The number of rotatable bonds is 6. The van der Waals surface area contributed by atoms with Gasteiger partial charge in [0.2, 0.25) is 6.79 Å². The van der Waals surface area contributed by atoms with E-state index in [0.717, 1.165) is 0 Å². The van der Waals surface area contributed by atoms with E-state index in [9.17, 15) is 9.59 Å². The van der Waals surface area contributed by atoms with Crippen molar-refractivity contribution in [2.24, 2.45) is 0 Å². The predicted molar refractivity (Wildman–Crippen MR) is 116 cm³/mol. The Balaban J connectivity index is 1.69. The lowest BCUT2D eigenvalue weighted by molar-refractivity contribution is -0.139. The van der Waals surface area contributed by atoms with Crippen LogP contribution in [0.4, 0.5) is 10.5 Å². The maximum absolute atomic E-state index is 12.9. The summed E-state index contributed by atoms with van der Waals surface area (Å²) < 4.78 is 16.0. The average molecular weight is 464 g/mol. The number of urea groups is 1. The number of carbonyl (C=O) groups is 2. The minimum atomic E-state index is -0.736. The largest absolute Gasteiger partial charge is 0.463 e. The van der Waals surface area contributed by atoms with Crippen LogP contribution in [0.1, 0.15) is 18.5 Å². The second-order valence-corrected chi connectivity index (χ2v) is 7.58. The summed E-state index contributed by atoms with van der Waals surface area (Å²) in [6.45, 7) is 2.15. The molecule has 8 nitrogen and oxygen atoms in total. The summed E-state index contributed by atoms with van der Waals surface area (Å²) in [5.74, 6) is 0.600. The molecule has 0 saturated carbocycles. The number of esters is 1. The van der Waals surface area contributed by atoms with Gasteiger partial charge in [0.25, 0.3) is 0 Å². The van der Waals surface area contributed by atoms with E-state index in [1.807, 2.05) is 0 Å². The van der Waals surface area contributed by atoms with Gasteiger partial charge in [0, 0.05) is 5.02 Å². The van der Waals surface area contributed by atoms with Gasteiger partial charge in [-0.3, -0.25) is 0 Å². The van der Waals surface area contributed by atoms with Crippen LogP contribution in [0.3, 0.4) is 0 Å². The number of halogens is 2. The molecular formula is C21H19Cl2N3O5. The van der Waals surface area contributed by atoms with Crippen LogP contribution in [0.15, 0.2) is 47.7 Å². The zero-order chi connectivity index (χ0) is 22.0. The Bertz CT molecular complexity index is 1070. The molecular weight excluding hydrogens is 445 g/mol. The van der Waals surface area contributed by atoms with Crippen LogP contribution in [0, 0.1) is 0 Å². The van der Waals surface area contributed by atoms with Gasteiger partial charge < -0.3 is 30.2 Å². The summed E-state index contributed by atoms with van der Waals surface area (Å²) in [5, 5.41) is 9.53. The van der Waals surface area contributed by atoms with Crippen LogP contribution in [0.5, 0.6) is 11.5 Å². The third kappa shape index (κ3) is 4.50. The fourth-order valence-corrected chi connectivity index (χ4v) is 3.84. The van der Waals surface area contributed by atoms with Gasteiger partial charge in [-0.2, -0.15) is 0 Å². The summed E-state index contributed by atoms with van der Waals surface area (Å²) in [6.07, 6.45) is 0. The Labute approximate surface area is 188 Å². The number of hydrogen-bond acceptors (Lipinski definition) is 6. The molecule has 10 heteroatoms. The standard InChI is InChI=1S/C21H19Cl2N3O5/c1-2-29-20(27)18-15(9-24-14-5-4-12(22)8-13(14)23)25-21(28)26-19(18)11-3-6-16-17(7-11)31-10-30-16/h3-8,19,24H,2,9-10H2,1H3,(H2,25,26,28). The minimum absolute atomic E-state index is 0.120. The molecule has 2 aliphatic rings. The topological polar surface area (TPSA) is 97.9 Å². The maximum atomic E-state index is 12.9. The number of amides is 2. The van der Waals surface area contributed by atoms with Crippen molar-refractivity contribution in [3.8, 4) is 11.5 Å². The molecule has 1 unspecified atom stereocenters. The Morgan fingerprint density at radius 1 is 1.19 bits per heavy atom. The molecule has 0 bridgehead atoms. The molecule has 3 N–H and O–H groups in total. The predicted octanol–water partition coefficient (Wildman–Crippen LogP) is 4.01. The second-order valence-electron chi connectivity index (χ2n) is 6.73. The molecule has 4 rings (SSSR count). The van der Waals surface area contributed by atoms with Crippen molar-refractivity contribution in [3.05, 3.63) is 63.3 Å². The van der Waals surface area contributed by atoms with Gasteiger partial charge >= 0.3 is 12.0 Å². The van der Waals surface area contributed by atoms with Gasteiger partial charge in [0.05, 0.1) is 41.2 Å². The summed E-state index contributed by atoms with van der Waals surface area (Å²) in [4.78, 5) is 25.3. The smallest absolute Gasteiger partial charge is 0.338 e. The van der Waals surface area contributed by atoms with Crippen molar-refractivity contribution in [1.82, 2.24) is 10.6 Å². The lowest BCUT2D eigenvalue weighted by Crippen LogP contribution is -2.47. The Hall–Kier alpha value is -3.10. The highest BCUT2D eigenvalue weighted by atomic mass is 35.5. The van der Waals surface area contributed by atoms with Crippen molar-refractivity contribution < 1.29 is 23.8 Å². The summed E-state index contributed by atoms with van der Waals surface area (Å²) in [6, 6.07) is 9.06. The van der Waals surface area contributed by atoms with Gasteiger partial charge in [-0.05, 0) is 42.8 Å². The van der Waals surface area contributed by atoms with Crippen molar-refractivity contribution in [2.75, 3.05) is 25.3 Å². The first-order chi connectivity index (χ1) is 15.0.